The van der Waals surface area contributed by atoms with Gasteiger partial charge in [-0.25, -0.2) is 4.98 Å². The van der Waals surface area contributed by atoms with Crippen molar-refractivity contribution in [1.82, 2.24) is 20.3 Å². The van der Waals surface area contributed by atoms with Crippen molar-refractivity contribution >= 4 is 11.3 Å². The summed E-state index contributed by atoms with van der Waals surface area (Å²) in [6.07, 6.45) is 8.03. The molecule has 0 spiro atoms. The molecular formula is C11H14N4S. The van der Waals surface area contributed by atoms with Gasteiger partial charge < -0.3 is 5.32 Å². The van der Waals surface area contributed by atoms with Crippen LogP contribution < -0.4 is 5.32 Å². The van der Waals surface area contributed by atoms with Crippen LogP contribution in [-0.4, -0.2) is 15.0 Å². The third kappa shape index (κ3) is 2.84. The van der Waals surface area contributed by atoms with Crippen molar-refractivity contribution in [3.63, 3.8) is 0 Å². The zero-order chi connectivity index (χ0) is 11.2. The topological polar surface area (TPSA) is 50.7 Å². The number of hydrogen-bond donors (Lipinski definition) is 1. The van der Waals surface area contributed by atoms with Gasteiger partial charge in [0, 0.05) is 36.7 Å². The van der Waals surface area contributed by atoms with E-state index in [1.165, 1.54) is 0 Å². The lowest BCUT2D eigenvalue weighted by atomic mass is 10.2. The Hall–Kier alpha value is -1.33. The molecule has 0 amide bonds. The highest BCUT2D eigenvalue weighted by atomic mass is 32.1. The van der Waals surface area contributed by atoms with Crippen molar-refractivity contribution in [2.75, 3.05) is 0 Å². The Morgan fingerprint density at radius 2 is 2.25 bits per heavy atom. The monoisotopic (exact) mass is 234 g/mol. The minimum absolute atomic E-state index is 0.307. The molecule has 16 heavy (non-hydrogen) atoms. The molecule has 0 radical (unpaired) electrons. The summed E-state index contributed by atoms with van der Waals surface area (Å²) >= 11 is 1.68. The summed E-state index contributed by atoms with van der Waals surface area (Å²) in [5.41, 5.74) is 0.956. The van der Waals surface area contributed by atoms with Crippen LogP contribution in [0.2, 0.25) is 0 Å². The second kappa shape index (κ2) is 5.67. The Morgan fingerprint density at radius 3 is 2.88 bits per heavy atom. The van der Waals surface area contributed by atoms with E-state index in [1.807, 2.05) is 11.6 Å². The van der Waals surface area contributed by atoms with Crippen LogP contribution in [0.3, 0.4) is 0 Å². The third-order valence-corrected chi connectivity index (χ3v) is 3.19. The number of nitrogens with zero attached hydrogens (tertiary/aromatic N) is 3. The minimum atomic E-state index is 0.307. The van der Waals surface area contributed by atoms with E-state index < -0.39 is 0 Å². The molecule has 1 N–H and O–H groups in total. The SMILES string of the molecule is CCC(NCc1cnccn1)c1nccs1. The Labute approximate surface area is 98.8 Å². The summed E-state index contributed by atoms with van der Waals surface area (Å²) < 4.78 is 0. The van der Waals surface area contributed by atoms with E-state index in [0.29, 0.717) is 6.04 Å². The largest absolute Gasteiger partial charge is 0.302 e. The van der Waals surface area contributed by atoms with Crippen molar-refractivity contribution in [1.29, 1.82) is 0 Å². The van der Waals surface area contributed by atoms with Gasteiger partial charge in [-0.3, -0.25) is 9.97 Å². The quantitative estimate of drug-likeness (QED) is 0.861. The van der Waals surface area contributed by atoms with Crippen LogP contribution in [0.15, 0.2) is 30.2 Å². The first kappa shape index (κ1) is 11.2. The number of aromatic nitrogens is 3. The molecule has 84 valence electrons. The lowest BCUT2D eigenvalue weighted by molar-refractivity contribution is 0.511. The average Bonchev–Trinajstić information content (AvgIpc) is 2.85. The van der Waals surface area contributed by atoms with Crippen molar-refractivity contribution in [3.05, 3.63) is 40.9 Å². The Bertz CT molecular complexity index is 401. The average molecular weight is 234 g/mol. The molecule has 2 rings (SSSR count). The molecule has 1 atom stereocenters. The summed E-state index contributed by atoms with van der Waals surface area (Å²) in [5.74, 6) is 0. The smallest absolute Gasteiger partial charge is 0.109 e. The number of thiazole rings is 1. The van der Waals surface area contributed by atoms with E-state index in [4.69, 9.17) is 0 Å². The first-order valence-corrected chi connectivity index (χ1v) is 6.15. The molecule has 0 saturated heterocycles. The van der Waals surface area contributed by atoms with Crippen molar-refractivity contribution in [2.45, 2.75) is 25.9 Å². The number of nitrogens with one attached hydrogen (secondary N) is 1. The molecule has 2 aromatic heterocycles. The highest BCUT2D eigenvalue weighted by Crippen LogP contribution is 2.18. The van der Waals surface area contributed by atoms with Crippen LogP contribution in [0, 0.1) is 0 Å². The Balaban J connectivity index is 1.94. The highest BCUT2D eigenvalue weighted by Gasteiger charge is 2.10. The van der Waals surface area contributed by atoms with Crippen LogP contribution in [0.4, 0.5) is 0 Å². The standard InChI is InChI=1S/C11H14N4S/c1-2-10(11-14-5-6-16-11)15-8-9-7-12-3-4-13-9/h3-7,10,15H,2,8H2,1H3. The molecule has 0 aliphatic rings. The van der Waals surface area contributed by atoms with Gasteiger partial charge in [0.05, 0.1) is 11.7 Å². The Kier molecular flexibility index (Phi) is 3.96. The van der Waals surface area contributed by atoms with E-state index in [-0.39, 0.29) is 0 Å². The van der Waals surface area contributed by atoms with Crippen LogP contribution in [0.5, 0.6) is 0 Å². The fourth-order valence-electron chi connectivity index (χ4n) is 1.46. The molecule has 1 unspecified atom stereocenters. The second-order valence-corrected chi connectivity index (χ2v) is 4.33. The van der Waals surface area contributed by atoms with E-state index in [2.05, 4.69) is 27.2 Å². The maximum Gasteiger partial charge on any atom is 0.109 e. The van der Waals surface area contributed by atoms with Gasteiger partial charge in [-0.2, -0.15) is 0 Å². The molecule has 5 heteroatoms. The van der Waals surface area contributed by atoms with Gasteiger partial charge in [0.1, 0.15) is 5.01 Å². The zero-order valence-corrected chi connectivity index (χ0v) is 9.94. The normalized spacial score (nSPS) is 12.6. The van der Waals surface area contributed by atoms with Gasteiger partial charge in [0.2, 0.25) is 0 Å². The van der Waals surface area contributed by atoms with E-state index in [1.54, 1.807) is 29.9 Å². The molecule has 2 aromatic rings. The van der Waals surface area contributed by atoms with Crippen molar-refractivity contribution < 1.29 is 0 Å². The van der Waals surface area contributed by atoms with Crippen LogP contribution in [0.1, 0.15) is 30.1 Å². The fourth-order valence-corrected chi connectivity index (χ4v) is 2.26. The molecule has 4 nitrogen and oxygen atoms in total. The molecule has 2 heterocycles. The Morgan fingerprint density at radius 1 is 1.31 bits per heavy atom. The number of hydrogen-bond acceptors (Lipinski definition) is 5. The number of rotatable bonds is 5. The summed E-state index contributed by atoms with van der Waals surface area (Å²) in [4.78, 5) is 12.6. The van der Waals surface area contributed by atoms with Crippen LogP contribution in [0.25, 0.3) is 0 Å². The maximum atomic E-state index is 4.32. The van der Waals surface area contributed by atoms with Gasteiger partial charge in [0.25, 0.3) is 0 Å². The molecular weight excluding hydrogens is 220 g/mol. The molecule has 0 fully saturated rings. The predicted molar refractivity (Wildman–Crippen MR) is 64.0 cm³/mol. The first-order chi connectivity index (χ1) is 7.90. The van der Waals surface area contributed by atoms with Gasteiger partial charge in [-0.15, -0.1) is 11.3 Å². The highest BCUT2D eigenvalue weighted by molar-refractivity contribution is 7.09. The summed E-state index contributed by atoms with van der Waals surface area (Å²) in [5, 5.41) is 6.57. The van der Waals surface area contributed by atoms with E-state index >= 15 is 0 Å². The van der Waals surface area contributed by atoms with Gasteiger partial charge in [0.15, 0.2) is 0 Å². The lowest BCUT2D eigenvalue weighted by Gasteiger charge is -2.13. The maximum absolute atomic E-state index is 4.32. The summed E-state index contributed by atoms with van der Waals surface area (Å²) in [7, 11) is 0. The third-order valence-electron chi connectivity index (χ3n) is 2.30. The van der Waals surface area contributed by atoms with E-state index in [9.17, 15) is 0 Å². The van der Waals surface area contributed by atoms with Crippen LogP contribution in [-0.2, 0) is 6.54 Å². The van der Waals surface area contributed by atoms with Gasteiger partial charge >= 0.3 is 0 Å². The molecule has 0 aliphatic carbocycles. The zero-order valence-electron chi connectivity index (χ0n) is 9.13. The molecule has 0 bridgehead atoms. The molecule has 0 aliphatic heterocycles. The predicted octanol–water partition coefficient (Wildman–Crippen LogP) is 2.17. The van der Waals surface area contributed by atoms with Crippen molar-refractivity contribution in [2.24, 2.45) is 0 Å². The second-order valence-electron chi connectivity index (χ2n) is 3.41. The van der Waals surface area contributed by atoms with E-state index in [0.717, 1.165) is 23.7 Å². The first-order valence-electron chi connectivity index (χ1n) is 5.27. The minimum Gasteiger partial charge on any atom is -0.302 e. The lowest BCUT2D eigenvalue weighted by Crippen LogP contribution is -2.20. The van der Waals surface area contributed by atoms with Gasteiger partial charge in [-0.1, -0.05) is 6.92 Å². The molecule has 0 aromatic carbocycles. The molecule has 0 saturated carbocycles. The van der Waals surface area contributed by atoms with Crippen molar-refractivity contribution in [3.8, 4) is 0 Å². The van der Waals surface area contributed by atoms with Gasteiger partial charge in [-0.05, 0) is 6.42 Å². The summed E-state index contributed by atoms with van der Waals surface area (Å²) in [6, 6.07) is 0.307. The van der Waals surface area contributed by atoms with Crippen LogP contribution >= 0.6 is 11.3 Å². The summed E-state index contributed by atoms with van der Waals surface area (Å²) in [6.45, 7) is 2.88. The fraction of sp³-hybridized carbons (Fsp3) is 0.364.